The van der Waals surface area contributed by atoms with E-state index in [1.54, 1.807) is 11.8 Å². The highest BCUT2D eigenvalue weighted by molar-refractivity contribution is 7.99. The highest BCUT2D eigenvalue weighted by atomic mass is 32.2. The molecule has 1 aromatic rings. The summed E-state index contributed by atoms with van der Waals surface area (Å²) < 4.78 is 0. The van der Waals surface area contributed by atoms with Crippen LogP contribution in [0, 0.1) is 13.8 Å². The van der Waals surface area contributed by atoms with E-state index < -0.39 is 0 Å². The topological polar surface area (TPSA) is 49.3 Å². The van der Waals surface area contributed by atoms with Gasteiger partial charge in [-0.1, -0.05) is 6.07 Å². The summed E-state index contributed by atoms with van der Waals surface area (Å²) in [6, 6.07) is 6.41. The first-order valence-corrected chi connectivity index (χ1v) is 7.61. The molecule has 0 saturated heterocycles. The molecule has 3 nitrogen and oxygen atoms in total. The number of nitrogens with one attached hydrogen (secondary N) is 1. The van der Waals surface area contributed by atoms with Gasteiger partial charge in [0, 0.05) is 29.7 Å². The third-order valence-corrected chi connectivity index (χ3v) is 4.04. The molecule has 106 valence electrons. The zero-order valence-electron chi connectivity index (χ0n) is 11.9. The molecule has 0 aliphatic carbocycles. The van der Waals surface area contributed by atoms with E-state index in [1.165, 1.54) is 16.0 Å². The van der Waals surface area contributed by atoms with Gasteiger partial charge in [-0.05, 0) is 50.5 Å². The molecule has 0 bridgehead atoms. The predicted octanol–water partition coefficient (Wildman–Crippen LogP) is 2.67. The van der Waals surface area contributed by atoms with E-state index in [9.17, 15) is 4.79 Å². The fourth-order valence-corrected chi connectivity index (χ4v) is 2.63. The van der Waals surface area contributed by atoms with Crippen molar-refractivity contribution in [3.63, 3.8) is 0 Å². The number of thioether (sulfide) groups is 1. The van der Waals surface area contributed by atoms with E-state index in [1.807, 2.05) is 6.92 Å². The summed E-state index contributed by atoms with van der Waals surface area (Å²) in [5, 5.41) is 11.6. The normalized spacial score (nSPS) is 12.2. The van der Waals surface area contributed by atoms with E-state index >= 15 is 0 Å². The Labute approximate surface area is 119 Å². The summed E-state index contributed by atoms with van der Waals surface area (Å²) in [5.74, 6) is 0.831. The monoisotopic (exact) mass is 281 g/mol. The molecule has 1 atom stereocenters. The third kappa shape index (κ3) is 6.12. The van der Waals surface area contributed by atoms with E-state index in [2.05, 4.69) is 37.4 Å². The third-order valence-electron chi connectivity index (χ3n) is 3.05. The number of hydrogen-bond donors (Lipinski definition) is 2. The van der Waals surface area contributed by atoms with Crippen molar-refractivity contribution in [1.29, 1.82) is 0 Å². The van der Waals surface area contributed by atoms with Crippen LogP contribution in [0.2, 0.25) is 0 Å². The Kier molecular flexibility index (Phi) is 6.95. The lowest BCUT2D eigenvalue weighted by Crippen LogP contribution is -2.33. The maximum absolute atomic E-state index is 11.6. The molecule has 0 radical (unpaired) electrons. The molecular formula is C15H23NO2S. The van der Waals surface area contributed by atoms with E-state index in [-0.39, 0.29) is 18.6 Å². The minimum atomic E-state index is 0.0455. The van der Waals surface area contributed by atoms with Gasteiger partial charge >= 0.3 is 0 Å². The van der Waals surface area contributed by atoms with Crippen molar-refractivity contribution in [3.8, 4) is 0 Å². The van der Waals surface area contributed by atoms with E-state index in [4.69, 9.17) is 5.11 Å². The average Bonchev–Trinajstić information content (AvgIpc) is 2.34. The number of carbonyl (C=O) groups is 1. The van der Waals surface area contributed by atoms with Crippen LogP contribution in [0.15, 0.2) is 23.1 Å². The Hall–Kier alpha value is -1.00. The Bertz CT molecular complexity index is 421. The van der Waals surface area contributed by atoms with Crippen LogP contribution >= 0.6 is 11.8 Å². The fourth-order valence-electron chi connectivity index (χ4n) is 1.68. The van der Waals surface area contributed by atoms with Crippen LogP contribution in [0.25, 0.3) is 0 Å². The number of aliphatic hydroxyl groups excluding tert-OH is 1. The zero-order valence-corrected chi connectivity index (χ0v) is 12.7. The Morgan fingerprint density at radius 2 is 2.11 bits per heavy atom. The Morgan fingerprint density at radius 1 is 1.37 bits per heavy atom. The molecule has 1 unspecified atom stereocenters. The first-order chi connectivity index (χ1) is 9.02. The largest absolute Gasteiger partial charge is 0.396 e. The summed E-state index contributed by atoms with van der Waals surface area (Å²) in [6.07, 6.45) is 1.11. The molecule has 0 aliphatic rings. The van der Waals surface area contributed by atoms with Gasteiger partial charge in [-0.15, -0.1) is 11.8 Å². The van der Waals surface area contributed by atoms with Crippen LogP contribution in [0.4, 0.5) is 0 Å². The number of rotatable bonds is 7. The van der Waals surface area contributed by atoms with Gasteiger partial charge < -0.3 is 10.4 Å². The lowest BCUT2D eigenvalue weighted by Gasteiger charge is -2.12. The van der Waals surface area contributed by atoms with Gasteiger partial charge in [0.05, 0.1) is 0 Å². The van der Waals surface area contributed by atoms with Crippen molar-refractivity contribution < 1.29 is 9.90 Å². The molecule has 4 heteroatoms. The molecule has 0 spiro atoms. The number of aryl methyl sites for hydroxylation is 2. The van der Waals surface area contributed by atoms with E-state index in [0.29, 0.717) is 12.8 Å². The second kappa shape index (κ2) is 8.23. The van der Waals surface area contributed by atoms with Crippen LogP contribution in [-0.4, -0.2) is 29.4 Å². The summed E-state index contributed by atoms with van der Waals surface area (Å²) in [7, 11) is 0. The standard InChI is InChI=1S/C15H23NO2S/c1-11-4-5-14(10-12(11)2)19-9-7-15(18)16-13(3)6-8-17/h4-5,10,13,17H,6-9H2,1-3H3,(H,16,18). The predicted molar refractivity (Wildman–Crippen MR) is 80.6 cm³/mol. The maximum Gasteiger partial charge on any atom is 0.221 e. The minimum absolute atomic E-state index is 0.0455. The van der Waals surface area contributed by atoms with Gasteiger partial charge in [0.15, 0.2) is 0 Å². The smallest absolute Gasteiger partial charge is 0.221 e. The van der Waals surface area contributed by atoms with Crippen LogP contribution in [0.1, 0.15) is 30.9 Å². The highest BCUT2D eigenvalue weighted by Crippen LogP contribution is 2.21. The van der Waals surface area contributed by atoms with Gasteiger partial charge in [0.25, 0.3) is 0 Å². The zero-order chi connectivity index (χ0) is 14.3. The van der Waals surface area contributed by atoms with Crippen molar-refractivity contribution in [2.75, 3.05) is 12.4 Å². The van der Waals surface area contributed by atoms with E-state index in [0.717, 1.165) is 5.75 Å². The number of amides is 1. The minimum Gasteiger partial charge on any atom is -0.396 e. The van der Waals surface area contributed by atoms with Gasteiger partial charge in [0.2, 0.25) is 5.91 Å². The second-order valence-corrected chi connectivity index (χ2v) is 5.99. The second-order valence-electron chi connectivity index (χ2n) is 4.83. The summed E-state index contributed by atoms with van der Waals surface area (Å²) >= 11 is 1.70. The lowest BCUT2D eigenvalue weighted by molar-refractivity contribution is -0.121. The average molecular weight is 281 g/mol. The summed E-state index contributed by atoms with van der Waals surface area (Å²) in [6.45, 7) is 6.21. The number of aliphatic hydroxyl groups is 1. The SMILES string of the molecule is Cc1ccc(SCCC(=O)NC(C)CCO)cc1C. The summed E-state index contributed by atoms with van der Waals surface area (Å²) in [4.78, 5) is 12.8. The van der Waals surface area contributed by atoms with Crippen molar-refractivity contribution in [2.45, 2.75) is 44.6 Å². The first kappa shape index (κ1) is 16.1. The molecule has 1 rings (SSSR count). The maximum atomic E-state index is 11.6. The number of carbonyl (C=O) groups excluding carboxylic acids is 1. The van der Waals surface area contributed by atoms with Crippen LogP contribution in [0.3, 0.4) is 0 Å². The van der Waals surface area contributed by atoms with Crippen molar-refractivity contribution in [3.05, 3.63) is 29.3 Å². The summed E-state index contributed by atoms with van der Waals surface area (Å²) in [5.41, 5.74) is 2.57. The molecule has 0 heterocycles. The Balaban J connectivity index is 2.29. The number of benzene rings is 1. The Morgan fingerprint density at radius 3 is 2.74 bits per heavy atom. The molecule has 0 saturated carbocycles. The van der Waals surface area contributed by atoms with Crippen LogP contribution in [0.5, 0.6) is 0 Å². The van der Waals surface area contributed by atoms with Crippen LogP contribution in [-0.2, 0) is 4.79 Å². The van der Waals surface area contributed by atoms with Gasteiger partial charge in [-0.2, -0.15) is 0 Å². The lowest BCUT2D eigenvalue weighted by atomic mass is 10.1. The fraction of sp³-hybridized carbons (Fsp3) is 0.533. The number of hydrogen-bond acceptors (Lipinski definition) is 3. The molecule has 0 fully saturated rings. The van der Waals surface area contributed by atoms with Crippen molar-refractivity contribution in [2.24, 2.45) is 0 Å². The van der Waals surface area contributed by atoms with Crippen LogP contribution < -0.4 is 5.32 Å². The van der Waals surface area contributed by atoms with Gasteiger partial charge in [-0.3, -0.25) is 4.79 Å². The van der Waals surface area contributed by atoms with Crippen molar-refractivity contribution >= 4 is 17.7 Å². The molecular weight excluding hydrogens is 258 g/mol. The molecule has 0 aliphatic heterocycles. The molecule has 1 aromatic carbocycles. The molecule has 1 amide bonds. The van der Waals surface area contributed by atoms with Gasteiger partial charge in [-0.25, -0.2) is 0 Å². The van der Waals surface area contributed by atoms with Crippen molar-refractivity contribution in [1.82, 2.24) is 5.32 Å². The molecule has 2 N–H and O–H groups in total. The first-order valence-electron chi connectivity index (χ1n) is 6.63. The molecule has 19 heavy (non-hydrogen) atoms. The molecule has 0 aromatic heterocycles. The highest BCUT2D eigenvalue weighted by Gasteiger charge is 2.07. The van der Waals surface area contributed by atoms with Gasteiger partial charge in [0.1, 0.15) is 0 Å². The quantitative estimate of drug-likeness (QED) is 0.755.